The average molecular weight is 288 g/mol. The first-order chi connectivity index (χ1) is 10.9. The van der Waals surface area contributed by atoms with Gasteiger partial charge in [-0.15, -0.1) is 0 Å². The first kappa shape index (κ1) is 13.5. The van der Waals surface area contributed by atoms with Crippen molar-refractivity contribution in [3.63, 3.8) is 0 Å². The average Bonchev–Trinajstić information content (AvgIpc) is 2.62. The molecule has 1 fully saturated rings. The van der Waals surface area contributed by atoms with E-state index in [0.717, 1.165) is 18.6 Å². The van der Waals surface area contributed by atoms with Crippen LogP contribution in [0.4, 0.5) is 0 Å². The maximum absolute atomic E-state index is 5.05. The van der Waals surface area contributed by atoms with E-state index in [1.165, 1.54) is 35.0 Å². The van der Waals surface area contributed by atoms with Gasteiger partial charge in [-0.1, -0.05) is 48.5 Å². The summed E-state index contributed by atoms with van der Waals surface area (Å²) in [4.78, 5) is 5.05. The quantitative estimate of drug-likeness (QED) is 0.757. The predicted molar refractivity (Wildman–Crippen MR) is 92.0 cm³/mol. The van der Waals surface area contributed by atoms with E-state index in [-0.39, 0.29) is 0 Å². The molecule has 22 heavy (non-hydrogen) atoms. The maximum Gasteiger partial charge on any atom is 0.0705 e. The lowest BCUT2D eigenvalue weighted by Crippen LogP contribution is -2.27. The van der Waals surface area contributed by atoms with Crippen molar-refractivity contribution in [3.8, 4) is 11.1 Å². The molecule has 0 spiro atoms. The Balaban J connectivity index is 1.91. The molecule has 3 aromatic rings. The van der Waals surface area contributed by atoms with Crippen LogP contribution in [-0.2, 0) is 0 Å². The molecule has 4 rings (SSSR count). The molecule has 1 aliphatic heterocycles. The number of nitrogens with zero attached hydrogens (tertiary/aromatic N) is 1. The molecule has 0 atom stereocenters. The topological polar surface area (TPSA) is 24.9 Å². The number of hydrogen-bond donors (Lipinski definition) is 1. The second-order valence-corrected chi connectivity index (χ2v) is 6.00. The van der Waals surface area contributed by atoms with Crippen LogP contribution in [0.1, 0.15) is 24.5 Å². The summed E-state index contributed by atoms with van der Waals surface area (Å²) >= 11 is 0. The van der Waals surface area contributed by atoms with Crippen molar-refractivity contribution in [1.82, 2.24) is 10.3 Å². The lowest BCUT2D eigenvalue weighted by Gasteiger charge is -2.24. The van der Waals surface area contributed by atoms with Gasteiger partial charge < -0.3 is 5.32 Å². The summed E-state index contributed by atoms with van der Waals surface area (Å²) in [7, 11) is 0. The molecule has 110 valence electrons. The number of para-hydroxylation sites is 1. The van der Waals surface area contributed by atoms with Gasteiger partial charge in [0.2, 0.25) is 0 Å². The zero-order valence-corrected chi connectivity index (χ0v) is 12.6. The third-order valence-corrected chi connectivity index (χ3v) is 4.56. The van der Waals surface area contributed by atoms with Gasteiger partial charge in [-0.25, -0.2) is 0 Å². The molecule has 1 saturated heterocycles. The Kier molecular flexibility index (Phi) is 3.61. The molecule has 0 aliphatic carbocycles. The van der Waals surface area contributed by atoms with Gasteiger partial charge in [-0.2, -0.15) is 0 Å². The minimum atomic E-state index is 0.557. The van der Waals surface area contributed by atoms with Gasteiger partial charge >= 0.3 is 0 Å². The molecule has 0 bridgehead atoms. The molecular weight excluding hydrogens is 268 g/mol. The van der Waals surface area contributed by atoms with E-state index >= 15 is 0 Å². The Morgan fingerprint density at radius 1 is 0.864 bits per heavy atom. The summed E-state index contributed by atoms with van der Waals surface area (Å²) in [5, 5.41) is 4.67. The first-order valence-corrected chi connectivity index (χ1v) is 8.07. The minimum Gasteiger partial charge on any atom is -0.317 e. The van der Waals surface area contributed by atoms with Crippen LogP contribution in [0, 0.1) is 0 Å². The third kappa shape index (κ3) is 2.51. The molecule has 1 aromatic heterocycles. The van der Waals surface area contributed by atoms with Gasteiger partial charge in [0.25, 0.3) is 0 Å². The van der Waals surface area contributed by atoms with Crippen LogP contribution >= 0.6 is 0 Å². The number of aromatic nitrogens is 1. The van der Waals surface area contributed by atoms with Crippen molar-refractivity contribution in [2.75, 3.05) is 13.1 Å². The van der Waals surface area contributed by atoms with Crippen LogP contribution in [-0.4, -0.2) is 18.1 Å². The van der Waals surface area contributed by atoms with Gasteiger partial charge in [-0.05, 0) is 43.6 Å². The van der Waals surface area contributed by atoms with E-state index in [2.05, 4.69) is 66.0 Å². The lowest BCUT2D eigenvalue weighted by atomic mass is 9.88. The number of fused-ring (bicyclic) bond motifs is 1. The summed E-state index contributed by atoms with van der Waals surface area (Å²) < 4.78 is 0. The van der Waals surface area contributed by atoms with E-state index in [1.54, 1.807) is 0 Å². The summed E-state index contributed by atoms with van der Waals surface area (Å²) in [6.07, 6.45) is 2.34. The van der Waals surface area contributed by atoms with Gasteiger partial charge in [0.05, 0.1) is 11.2 Å². The molecule has 0 amide bonds. The molecule has 1 N–H and O–H groups in total. The Morgan fingerprint density at radius 2 is 1.59 bits per heavy atom. The van der Waals surface area contributed by atoms with E-state index in [4.69, 9.17) is 4.98 Å². The number of piperidine rings is 1. The highest BCUT2D eigenvalue weighted by Gasteiger charge is 2.21. The molecule has 0 saturated carbocycles. The molecule has 2 aromatic carbocycles. The van der Waals surface area contributed by atoms with Crippen LogP contribution in [0.25, 0.3) is 22.0 Å². The van der Waals surface area contributed by atoms with Crippen molar-refractivity contribution in [2.24, 2.45) is 0 Å². The normalized spacial score (nSPS) is 16.0. The maximum atomic E-state index is 5.05. The van der Waals surface area contributed by atoms with Gasteiger partial charge in [0.15, 0.2) is 0 Å². The molecule has 2 heterocycles. The summed E-state index contributed by atoms with van der Waals surface area (Å²) in [5.41, 5.74) is 4.95. The van der Waals surface area contributed by atoms with Crippen molar-refractivity contribution in [2.45, 2.75) is 18.8 Å². The van der Waals surface area contributed by atoms with E-state index in [0.29, 0.717) is 5.92 Å². The molecule has 0 unspecified atom stereocenters. The fourth-order valence-corrected chi connectivity index (χ4v) is 3.39. The van der Waals surface area contributed by atoms with Crippen LogP contribution in [0.5, 0.6) is 0 Å². The van der Waals surface area contributed by atoms with Crippen molar-refractivity contribution in [3.05, 3.63) is 66.4 Å². The highest BCUT2D eigenvalue weighted by molar-refractivity contribution is 5.85. The third-order valence-electron chi connectivity index (χ3n) is 4.56. The van der Waals surface area contributed by atoms with Gasteiger partial charge in [0, 0.05) is 16.9 Å². The second-order valence-electron chi connectivity index (χ2n) is 6.00. The first-order valence-electron chi connectivity index (χ1n) is 8.07. The highest BCUT2D eigenvalue weighted by Crippen LogP contribution is 2.34. The summed E-state index contributed by atoms with van der Waals surface area (Å²) in [6.45, 7) is 2.18. The predicted octanol–water partition coefficient (Wildman–Crippen LogP) is 4.37. The van der Waals surface area contributed by atoms with Crippen LogP contribution in [0.2, 0.25) is 0 Å². The molecular formula is C20H20N2. The number of pyridine rings is 1. The Hall–Kier alpha value is -2.19. The summed E-state index contributed by atoms with van der Waals surface area (Å²) in [6, 6.07) is 21.4. The number of hydrogen-bond acceptors (Lipinski definition) is 2. The zero-order valence-electron chi connectivity index (χ0n) is 12.6. The Labute approximate surface area is 131 Å². The Bertz CT molecular complexity index is 774. The van der Waals surface area contributed by atoms with Crippen LogP contribution < -0.4 is 5.32 Å². The lowest BCUT2D eigenvalue weighted by molar-refractivity contribution is 0.455. The van der Waals surface area contributed by atoms with E-state index < -0.39 is 0 Å². The highest BCUT2D eigenvalue weighted by atomic mass is 14.9. The Morgan fingerprint density at radius 3 is 2.41 bits per heavy atom. The largest absolute Gasteiger partial charge is 0.317 e. The zero-order chi connectivity index (χ0) is 14.8. The van der Waals surface area contributed by atoms with Gasteiger partial charge in [0.1, 0.15) is 0 Å². The monoisotopic (exact) mass is 288 g/mol. The molecule has 0 radical (unpaired) electrons. The smallest absolute Gasteiger partial charge is 0.0705 e. The standard InChI is InChI=1S/C20H20N2/c1-2-6-15(7-3-1)18-14-17-8-4-5-9-19(17)22-20(18)16-10-12-21-13-11-16/h1-9,14,16,21H,10-13H2. The SMILES string of the molecule is c1ccc(-c2cc3ccccc3nc2C2CCNCC2)cc1. The van der Waals surface area contributed by atoms with Crippen LogP contribution in [0.3, 0.4) is 0 Å². The molecule has 2 nitrogen and oxygen atoms in total. The second kappa shape index (κ2) is 5.90. The molecule has 2 heteroatoms. The number of nitrogens with one attached hydrogen (secondary N) is 1. The van der Waals surface area contributed by atoms with Crippen molar-refractivity contribution < 1.29 is 0 Å². The van der Waals surface area contributed by atoms with Crippen molar-refractivity contribution >= 4 is 10.9 Å². The van der Waals surface area contributed by atoms with Crippen molar-refractivity contribution in [1.29, 1.82) is 0 Å². The fourth-order valence-electron chi connectivity index (χ4n) is 3.39. The fraction of sp³-hybridized carbons (Fsp3) is 0.250. The number of rotatable bonds is 2. The minimum absolute atomic E-state index is 0.557. The van der Waals surface area contributed by atoms with Gasteiger partial charge in [-0.3, -0.25) is 4.98 Å². The molecule has 1 aliphatic rings. The van der Waals surface area contributed by atoms with E-state index in [1.807, 2.05) is 0 Å². The van der Waals surface area contributed by atoms with Crippen LogP contribution in [0.15, 0.2) is 60.7 Å². The number of benzene rings is 2. The van der Waals surface area contributed by atoms with E-state index in [9.17, 15) is 0 Å². The summed E-state index contributed by atoms with van der Waals surface area (Å²) in [5.74, 6) is 0.557.